The van der Waals surface area contributed by atoms with E-state index in [4.69, 9.17) is 0 Å². The van der Waals surface area contributed by atoms with Crippen LogP contribution in [0.1, 0.15) is 27.2 Å². The van der Waals surface area contributed by atoms with Crippen molar-refractivity contribution in [2.45, 2.75) is 37.0 Å². The number of rotatable bonds is 6. The van der Waals surface area contributed by atoms with Gasteiger partial charge >= 0.3 is 0 Å². The molecule has 0 radical (unpaired) electrons. The minimum atomic E-state index is -3.48. The number of thiophene rings is 1. The van der Waals surface area contributed by atoms with Crippen molar-refractivity contribution in [3.05, 3.63) is 17.5 Å². The molecule has 0 aliphatic rings. The van der Waals surface area contributed by atoms with Gasteiger partial charge in [0.05, 0.1) is 5.60 Å². The van der Waals surface area contributed by atoms with Gasteiger partial charge in [0, 0.05) is 6.54 Å². The average molecular weight is 277 g/mol. The lowest BCUT2D eigenvalue weighted by molar-refractivity contribution is 0.0102. The number of nitrogens with one attached hydrogen (secondary N) is 1. The van der Waals surface area contributed by atoms with Crippen LogP contribution in [0.15, 0.2) is 21.7 Å². The largest absolute Gasteiger partial charge is 0.389 e. The minimum Gasteiger partial charge on any atom is -0.389 e. The Hall–Kier alpha value is -0.430. The summed E-state index contributed by atoms with van der Waals surface area (Å²) < 4.78 is 26.4. The van der Waals surface area contributed by atoms with Gasteiger partial charge in [0.1, 0.15) is 4.21 Å². The summed E-state index contributed by atoms with van der Waals surface area (Å²) in [6, 6.07) is 3.23. The molecule has 0 saturated heterocycles. The normalized spacial score (nSPS) is 17.6. The number of hydrogen-bond donors (Lipinski definition) is 2. The third-order valence-corrected chi connectivity index (χ3v) is 5.85. The second-order valence-corrected chi connectivity index (χ2v) is 7.36. The highest BCUT2D eigenvalue weighted by Gasteiger charge is 2.29. The molecule has 2 N–H and O–H groups in total. The molecule has 4 nitrogen and oxygen atoms in total. The van der Waals surface area contributed by atoms with Gasteiger partial charge in [-0.15, -0.1) is 11.3 Å². The molecule has 1 aromatic rings. The van der Waals surface area contributed by atoms with Crippen LogP contribution in [0.5, 0.6) is 0 Å². The zero-order valence-corrected chi connectivity index (χ0v) is 11.9. The summed E-state index contributed by atoms with van der Waals surface area (Å²) >= 11 is 1.16. The van der Waals surface area contributed by atoms with Crippen molar-refractivity contribution < 1.29 is 13.5 Å². The molecule has 1 aromatic heterocycles. The van der Waals surface area contributed by atoms with Gasteiger partial charge < -0.3 is 5.11 Å². The lowest BCUT2D eigenvalue weighted by Crippen LogP contribution is -2.44. The maximum atomic E-state index is 11.8. The molecule has 0 fully saturated rings. The quantitative estimate of drug-likeness (QED) is 0.833. The highest BCUT2D eigenvalue weighted by atomic mass is 32.2. The first kappa shape index (κ1) is 14.6. The molecule has 0 bridgehead atoms. The van der Waals surface area contributed by atoms with E-state index in [0.717, 1.165) is 17.8 Å². The summed E-state index contributed by atoms with van der Waals surface area (Å²) in [5.74, 6) is 0.0357. The van der Waals surface area contributed by atoms with E-state index in [2.05, 4.69) is 4.72 Å². The predicted molar refractivity (Wildman–Crippen MR) is 69.6 cm³/mol. The van der Waals surface area contributed by atoms with Gasteiger partial charge in [-0.2, -0.15) is 0 Å². The van der Waals surface area contributed by atoms with Crippen LogP contribution in [0.4, 0.5) is 0 Å². The van der Waals surface area contributed by atoms with Crippen molar-refractivity contribution >= 4 is 21.4 Å². The van der Waals surface area contributed by atoms with Crippen LogP contribution in [-0.4, -0.2) is 25.7 Å². The molecule has 2 unspecified atom stereocenters. The standard InChI is InChI=1S/C11H19NO3S2/c1-4-9(2)11(3,13)8-12-17(14,15)10-6-5-7-16-10/h5-7,9,12-13H,4,8H2,1-3H3. The Morgan fingerprint density at radius 2 is 2.24 bits per heavy atom. The van der Waals surface area contributed by atoms with Crippen molar-refractivity contribution in [1.82, 2.24) is 4.72 Å². The van der Waals surface area contributed by atoms with Crippen LogP contribution in [0.2, 0.25) is 0 Å². The van der Waals surface area contributed by atoms with E-state index in [0.29, 0.717) is 0 Å². The van der Waals surface area contributed by atoms with E-state index in [1.54, 1.807) is 24.4 Å². The minimum absolute atomic E-state index is 0.0300. The first-order valence-corrected chi connectivity index (χ1v) is 7.91. The maximum absolute atomic E-state index is 11.8. The maximum Gasteiger partial charge on any atom is 0.250 e. The van der Waals surface area contributed by atoms with E-state index < -0.39 is 15.6 Å². The van der Waals surface area contributed by atoms with Crippen molar-refractivity contribution in [2.24, 2.45) is 5.92 Å². The molecule has 1 heterocycles. The molecule has 0 aliphatic carbocycles. The SMILES string of the molecule is CCC(C)C(C)(O)CNS(=O)(=O)c1cccs1. The van der Waals surface area contributed by atoms with E-state index in [-0.39, 0.29) is 16.7 Å². The summed E-state index contributed by atoms with van der Waals surface area (Å²) in [7, 11) is -3.48. The Bertz CT molecular complexity index is 437. The molecule has 0 amide bonds. The van der Waals surface area contributed by atoms with Gasteiger partial charge in [-0.1, -0.05) is 26.3 Å². The summed E-state index contributed by atoms with van der Waals surface area (Å²) in [6.07, 6.45) is 0.799. The van der Waals surface area contributed by atoms with Crippen molar-refractivity contribution in [3.8, 4) is 0 Å². The third kappa shape index (κ3) is 3.77. The molecule has 0 saturated carbocycles. The van der Waals surface area contributed by atoms with E-state index in [1.165, 1.54) is 0 Å². The second kappa shape index (κ2) is 5.48. The zero-order valence-electron chi connectivity index (χ0n) is 10.3. The summed E-state index contributed by atoms with van der Waals surface area (Å²) in [4.78, 5) is 0. The molecular formula is C11H19NO3S2. The van der Waals surface area contributed by atoms with Gasteiger partial charge in [0.25, 0.3) is 0 Å². The average Bonchev–Trinajstić information content (AvgIpc) is 2.79. The van der Waals surface area contributed by atoms with Crippen LogP contribution in [0.3, 0.4) is 0 Å². The van der Waals surface area contributed by atoms with Gasteiger partial charge in [0.15, 0.2) is 0 Å². The van der Waals surface area contributed by atoms with Gasteiger partial charge in [-0.25, -0.2) is 13.1 Å². The predicted octanol–water partition coefficient (Wildman–Crippen LogP) is 1.82. The Morgan fingerprint density at radius 3 is 2.71 bits per heavy atom. The summed E-state index contributed by atoms with van der Waals surface area (Å²) in [6.45, 7) is 5.55. The molecule has 1 rings (SSSR count). The van der Waals surface area contributed by atoms with Gasteiger partial charge in [-0.05, 0) is 24.3 Å². The number of aliphatic hydroxyl groups is 1. The fraction of sp³-hybridized carbons (Fsp3) is 0.636. The lowest BCUT2D eigenvalue weighted by Gasteiger charge is -2.29. The molecule has 0 spiro atoms. The molecular weight excluding hydrogens is 258 g/mol. The van der Waals surface area contributed by atoms with Crippen molar-refractivity contribution in [2.75, 3.05) is 6.54 Å². The highest BCUT2D eigenvalue weighted by molar-refractivity contribution is 7.91. The van der Waals surface area contributed by atoms with Crippen LogP contribution in [-0.2, 0) is 10.0 Å². The summed E-state index contributed by atoms with van der Waals surface area (Å²) in [5, 5.41) is 11.8. The molecule has 17 heavy (non-hydrogen) atoms. The third-order valence-electron chi connectivity index (χ3n) is 3.05. The van der Waals surface area contributed by atoms with E-state index in [9.17, 15) is 13.5 Å². The molecule has 6 heteroatoms. The lowest BCUT2D eigenvalue weighted by atomic mass is 9.89. The van der Waals surface area contributed by atoms with Gasteiger partial charge in [0.2, 0.25) is 10.0 Å². The van der Waals surface area contributed by atoms with Crippen molar-refractivity contribution in [3.63, 3.8) is 0 Å². The van der Waals surface area contributed by atoms with Crippen LogP contribution in [0, 0.1) is 5.92 Å². The zero-order chi connectivity index (χ0) is 13.1. The van der Waals surface area contributed by atoms with E-state index >= 15 is 0 Å². The van der Waals surface area contributed by atoms with Crippen molar-refractivity contribution in [1.29, 1.82) is 0 Å². The smallest absolute Gasteiger partial charge is 0.250 e. The first-order valence-electron chi connectivity index (χ1n) is 5.55. The van der Waals surface area contributed by atoms with Crippen LogP contribution in [0.25, 0.3) is 0 Å². The van der Waals surface area contributed by atoms with E-state index in [1.807, 2.05) is 13.8 Å². The second-order valence-electron chi connectivity index (χ2n) is 4.42. The molecule has 98 valence electrons. The van der Waals surface area contributed by atoms with Crippen LogP contribution < -0.4 is 4.72 Å². The first-order chi connectivity index (χ1) is 7.79. The Kier molecular flexibility index (Phi) is 4.71. The number of hydrogen-bond acceptors (Lipinski definition) is 4. The Morgan fingerprint density at radius 1 is 1.59 bits per heavy atom. The fourth-order valence-corrected chi connectivity index (χ4v) is 3.52. The molecule has 2 atom stereocenters. The fourth-order valence-electron chi connectivity index (χ4n) is 1.34. The van der Waals surface area contributed by atoms with Crippen LogP contribution >= 0.6 is 11.3 Å². The monoisotopic (exact) mass is 277 g/mol. The Labute approximate surface area is 107 Å². The molecule has 0 aromatic carbocycles. The van der Waals surface area contributed by atoms with Gasteiger partial charge in [-0.3, -0.25) is 0 Å². The number of sulfonamides is 1. The Balaban J connectivity index is 2.69. The molecule has 0 aliphatic heterocycles. The topological polar surface area (TPSA) is 66.4 Å². The summed E-state index contributed by atoms with van der Waals surface area (Å²) in [5.41, 5.74) is -1.03. The highest BCUT2D eigenvalue weighted by Crippen LogP contribution is 2.21.